The molecule has 0 saturated heterocycles. The normalized spacial score (nSPS) is 10.4. The third kappa shape index (κ3) is 1.87. The Morgan fingerprint density at radius 3 is 2.75 bits per heavy atom. The average molecular weight is 239 g/mol. The third-order valence-electron chi connectivity index (χ3n) is 1.97. The van der Waals surface area contributed by atoms with Crippen LogP contribution in [0.1, 0.15) is 5.69 Å². The van der Waals surface area contributed by atoms with Crippen molar-refractivity contribution in [2.45, 2.75) is 6.92 Å². The van der Waals surface area contributed by atoms with Crippen molar-refractivity contribution in [3.63, 3.8) is 0 Å². The summed E-state index contributed by atoms with van der Waals surface area (Å²) in [5, 5.41) is 10.7. The number of hydrogen-bond acceptors (Lipinski definition) is 4. The molecule has 0 fully saturated rings. The van der Waals surface area contributed by atoms with Gasteiger partial charge in [-0.25, -0.2) is 9.97 Å². The van der Waals surface area contributed by atoms with Crippen LogP contribution in [-0.2, 0) is 0 Å². The molecule has 0 radical (unpaired) electrons. The largest absolute Gasteiger partial charge is 0.289 e. The molecule has 2 rings (SSSR count). The van der Waals surface area contributed by atoms with Gasteiger partial charge in [-0.3, -0.25) is 14.7 Å². The number of hydrogen-bond donors (Lipinski definition) is 0. The first-order valence-corrected chi connectivity index (χ1v) is 4.76. The number of nitrogens with zero attached hydrogens (tertiary/aromatic N) is 4. The molecule has 0 aliphatic heterocycles. The Balaban J connectivity index is 2.47. The molecule has 0 spiro atoms. The zero-order valence-electron chi connectivity index (χ0n) is 8.29. The fourth-order valence-corrected chi connectivity index (χ4v) is 1.51. The van der Waals surface area contributed by atoms with E-state index in [4.69, 9.17) is 11.6 Å². The Labute approximate surface area is 95.7 Å². The lowest BCUT2D eigenvalue weighted by molar-refractivity contribution is -0.385. The first kappa shape index (κ1) is 10.6. The third-order valence-corrected chi connectivity index (χ3v) is 2.25. The highest BCUT2D eigenvalue weighted by atomic mass is 35.5. The second-order valence-electron chi connectivity index (χ2n) is 3.18. The van der Waals surface area contributed by atoms with Gasteiger partial charge < -0.3 is 0 Å². The number of aryl methyl sites for hydroxylation is 1. The highest BCUT2D eigenvalue weighted by Crippen LogP contribution is 2.22. The van der Waals surface area contributed by atoms with Gasteiger partial charge >= 0.3 is 0 Å². The molecule has 2 aromatic rings. The molecule has 2 heterocycles. The molecule has 6 nitrogen and oxygen atoms in total. The highest BCUT2D eigenvalue weighted by Gasteiger charge is 2.12. The SMILES string of the molecule is Cc1cn(-c2ncc([N+](=O)[O-])cc2Cl)cn1. The van der Waals surface area contributed by atoms with E-state index in [0.29, 0.717) is 5.82 Å². The molecule has 82 valence electrons. The molecule has 0 aliphatic rings. The minimum Gasteiger partial charge on any atom is -0.289 e. The van der Waals surface area contributed by atoms with Gasteiger partial charge in [0, 0.05) is 12.3 Å². The summed E-state index contributed by atoms with van der Waals surface area (Å²) in [5.41, 5.74) is 0.682. The summed E-state index contributed by atoms with van der Waals surface area (Å²) >= 11 is 5.90. The Morgan fingerprint density at radius 1 is 1.50 bits per heavy atom. The molecule has 0 amide bonds. The lowest BCUT2D eigenvalue weighted by atomic mass is 10.4. The maximum atomic E-state index is 10.5. The van der Waals surface area contributed by atoms with Crippen LogP contribution in [0.5, 0.6) is 0 Å². The molecule has 0 atom stereocenters. The van der Waals surface area contributed by atoms with E-state index in [1.165, 1.54) is 6.07 Å². The van der Waals surface area contributed by atoms with E-state index in [0.717, 1.165) is 11.9 Å². The first-order chi connectivity index (χ1) is 7.58. The number of halogens is 1. The molecule has 16 heavy (non-hydrogen) atoms. The lowest BCUT2D eigenvalue weighted by Gasteiger charge is -2.02. The van der Waals surface area contributed by atoms with E-state index in [-0.39, 0.29) is 10.7 Å². The summed E-state index contributed by atoms with van der Waals surface area (Å²) < 4.78 is 1.61. The maximum absolute atomic E-state index is 10.5. The zero-order chi connectivity index (χ0) is 11.7. The van der Waals surface area contributed by atoms with Crippen molar-refractivity contribution < 1.29 is 4.92 Å². The van der Waals surface area contributed by atoms with Crippen LogP contribution in [0.15, 0.2) is 24.8 Å². The van der Waals surface area contributed by atoms with E-state index >= 15 is 0 Å². The van der Waals surface area contributed by atoms with E-state index < -0.39 is 4.92 Å². The van der Waals surface area contributed by atoms with Gasteiger partial charge in [-0.2, -0.15) is 0 Å². The summed E-state index contributed by atoms with van der Waals surface area (Å²) in [7, 11) is 0. The van der Waals surface area contributed by atoms with Crippen molar-refractivity contribution in [2.75, 3.05) is 0 Å². The smallest absolute Gasteiger partial charge is 0.289 e. The predicted molar refractivity (Wildman–Crippen MR) is 57.8 cm³/mol. The fourth-order valence-electron chi connectivity index (χ4n) is 1.25. The fraction of sp³-hybridized carbons (Fsp3) is 0.111. The van der Waals surface area contributed by atoms with Gasteiger partial charge in [-0.1, -0.05) is 11.6 Å². The number of aromatic nitrogens is 3. The maximum Gasteiger partial charge on any atom is 0.289 e. The Hall–Kier alpha value is -1.95. The van der Waals surface area contributed by atoms with Gasteiger partial charge in [-0.05, 0) is 6.92 Å². The molecule has 0 N–H and O–H groups in total. The number of pyridine rings is 1. The summed E-state index contributed by atoms with van der Waals surface area (Å²) in [5.74, 6) is 0.424. The Bertz CT molecular complexity index is 552. The lowest BCUT2D eigenvalue weighted by Crippen LogP contribution is -1.97. The molecule has 0 bridgehead atoms. The van der Waals surface area contributed by atoms with Crippen LogP contribution in [-0.4, -0.2) is 19.5 Å². The molecule has 0 aromatic carbocycles. The van der Waals surface area contributed by atoms with Crippen molar-refractivity contribution in [2.24, 2.45) is 0 Å². The molecular weight excluding hydrogens is 232 g/mol. The second-order valence-corrected chi connectivity index (χ2v) is 3.59. The Kier molecular flexibility index (Phi) is 2.57. The molecule has 7 heteroatoms. The van der Waals surface area contributed by atoms with Crippen LogP contribution in [0.2, 0.25) is 5.02 Å². The molecule has 0 aliphatic carbocycles. The van der Waals surface area contributed by atoms with Crippen LogP contribution in [0.3, 0.4) is 0 Å². The van der Waals surface area contributed by atoms with Crippen LogP contribution < -0.4 is 0 Å². The number of imidazole rings is 1. The van der Waals surface area contributed by atoms with E-state index in [2.05, 4.69) is 9.97 Å². The molecule has 2 aromatic heterocycles. The van der Waals surface area contributed by atoms with Crippen LogP contribution in [0, 0.1) is 17.0 Å². The summed E-state index contributed by atoms with van der Waals surface area (Å²) in [6, 6.07) is 1.26. The topological polar surface area (TPSA) is 73.8 Å². The standard InChI is InChI=1S/C9H7ClN4O2/c1-6-4-13(5-12-6)9-8(10)2-7(3-11-9)14(15)16/h2-5H,1H3. The molecular formula is C9H7ClN4O2. The van der Waals surface area contributed by atoms with Gasteiger partial charge in [-0.15, -0.1) is 0 Å². The van der Waals surface area contributed by atoms with E-state index in [9.17, 15) is 10.1 Å². The van der Waals surface area contributed by atoms with Crippen LogP contribution >= 0.6 is 11.6 Å². The first-order valence-electron chi connectivity index (χ1n) is 4.39. The minimum atomic E-state index is -0.540. The average Bonchev–Trinajstić information content (AvgIpc) is 2.64. The van der Waals surface area contributed by atoms with E-state index in [1.54, 1.807) is 17.1 Å². The predicted octanol–water partition coefficient (Wildman–Crippen LogP) is 2.14. The van der Waals surface area contributed by atoms with Crippen LogP contribution in [0.4, 0.5) is 5.69 Å². The Morgan fingerprint density at radius 2 is 2.25 bits per heavy atom. The van der Waals surface area contributed by atoms with E-state index in [1.807, 2.05) is 6.92 Å². The quantitative estimate of drug-likeness (QED) is 0.593. The van der Waals surface area contributed by atoms with Crippen molar-refractivity contribution >= 4 is 17.3 Å². The van der Waals surface area contributed by atoms with Gasteiger partial charge in [0.15, 0.2) is 5.82 Å². The van der Waals surface area contributed by atoms with Gasteiger partial charge in [0.25, 0.3) is 5.69 Å². The van der Waals surface area contributed by atoms with Crippen molar-refractivity contribution in [1.29, 1.82) is 0 Å². The van der Waals surface area contributed by atoms with Crippen LogP contribution in [0.25, 0.3) is 5.82 Å². The highest BCUT2D eigenvalue weighted by molar-refractivity contribution is 6.32. The minimum absolute atomic E-state index is 0.134. The van der Waals surface area contributed by atoms with Crippen molar-refractivity contribution in [1.82, 2.24) is 14.5 Å². The monoisotopic (exact) mass is 238 g/mol. The molecule has 0 saturated carbocycles. The number of rotatable bonds is 2. The van der Waals surface area contributed by atoms with Crippen molar-refractivity contribution in [3.05, 3.63) is 45.6 Å². The van der Waals surface area contributed by atoms with Gasteiger partial charge in [0.2, 0.25) is 0 Å². The zero-order valence-corrected chi connectivity index (χ0v) is 9.05. The second kappa shape index (κ2) is 3.90. The van der Waals surface area contributed by atoms with Gasteiger partial charge in [0.05, 0.1) is 15.6 Å². The molecule has 0 unspecified atom stereocenters. The van der Waals surface area contributed by atoms with Gasteiger partial charge in [0.1, 0.15) is 12.5 Å². The van der Waals surface area contributed by atoms with Crippen molar-refractivity contribution in [3.8, 4) is 5.82 Å². The summed E-state index contributed by atoms with van der Waals surface area (Å²) in [6.45, 7) is 1.83. The summed E-state index contributed by atoms with van der Waals surface area (Å²) in [4.78, 5) is 17.9. The number of nitro groups is 1. The summed E-state index contributed by atoms with van der Waals surface area (Å²) in [6.07, 6.45) is 4.45.